The molecule has 1 rings (SSSR count). The van der Waals surface area contributed by atoms with Crippen LogP contribution in [0, 0.1) is 10.1 Å². The highest BCUT2D eigenvalue weighted by Crippen LogP contribution is 2.35. The molecule has 1 amide bonds. The maximum Gasteiger partial charge on any atom is 0.412 e. The number of hydrogen-bond acceptors (Lipinski definition) is 4. The van der Waals surface area contributed by atoms with Gasteiger partial charge in [-0.2, -0.15) is 0 Å². The van der Waals surface area contributed by atoms with Gasteiger partial charge in [0.15, 0.2) is 0 Å². The summed E-state index contributed by atoms with van der Waals surface area (Å²) in [5.74, 6) is 0. The second-order valence-electron chi connectivity index (χ2n) is 4.67. The molecule has 0 saturated carbocycles. The Bertz CT molecular complexity index is 528. The van der Waals surface area contributed by atoms with Crippen molar-refractivity contribution in [2.45, 2.75) is 26.4 Å². The van der Waals surface area contributed by atoms with E-state index < -0.39 is 16.6 Å². The SMILES string of the molecule is CC(C)(C)OC(=O)Nc1cc(Br)cc([N+](=O)[O-])c1Cl. The molecule has 0 radical (unpaired) electrons. The van der Waals surface area contributed by atoms with Crippen molar-refractivity contribution in [3.63, 3.8) is 0 Å². The summed E-state index contributed by atoms with van der Waals surface area (Å²) in [6.45, 7) is 5.12. The molecule has 0 saturated heterocycles. The smallest absolute Gasteiger partial charge is 0.412 e. The van der Waals surface area contributed by atoms with Crippen molar-refractivity contribution >= 4 is 45.0 Å². The second-order valence-corrected chi connectivity index (χ2v) is 5.96. The number of ether oxygens (including phenoxy) is 1. The number of amides is 1. The molecule has 0 bridgehead atoms. The molecule has 1 aromatic rings. The van der Waals surface area contributed by atoms with Crippen molar-refractivity contribution in [3.8, 4) is 0 Å². The van der Waals surface area contributed by atoms with Gasteiger partial charge in [-0.3, -0.25) is 15.4 Å². The molecule has 104 valence electrons. The van der Waals surface area contributed by atoms with Crippen LogP contribution >= 0.6 is 27.5 Å². The topological polar surface area (TPSA) is 81.5 Å². The number of nitrogens with one attached hydrogen (secondary N) is 1. The first-order chi connectivity index (χ1) is 8.60. The Hall–Kier alpha value is -1.34. The van der Waals surface area contributed by atoms with Crippen LogP contribution in [-0.2, 0) is 4.74 Å². The van der Waals surface area contributed by atoms with Crippen molar-refractivity contribution < 1.29 is 14.5 Å². The molecule has 0 fully saturated rings. The first-order valence-corrected chi connectivity index (χ1v) is 6.40. The fraction of sp³-hybridized carbons (Fsp3) is 0.364. The molecule has 0 aliphatic carbocycles. The van der Waals surface area contributed by atoms with E-state index in [9.17, 15) is 14.9 Å². The minimum atomic E-state index is -0.734. The lowest BCUT2D eigenvalue weighted by Crippen LogP contribution is -2.27. The quantitative estimate of drug-likeness (QED) is 0.634. The number of anilines is 1. The van der Waals surface area contributed by atoms with Gasteiger partial charge in [0.25, 0.3) is 5.69 Å². The van der Waals surface area contributed by atoms with Crippen LogP contribution in [0.1, 0.15) is 20.8 Å². The van der Waals surface area contributed by atoms with E-state index in [0.29, 0.717) is 4.47 Å². The molecule has 1 aromatic carbocycles. The standard InChI is InChI=1S/C11H12BrClN2O4/c1-11(2,3)19-10(16)14-7-4-6(12)5-8(9(7)13)15(17)18/h4-5H,1-3H3,(H,14,16). The summed E-state index contributed by atoms with van der Waals surface area (Å²) in [4.78, 5) is 21.8. The van der Waals surface area contributed by atoms with Gasteiger partial charge in [0.05, 0.1) is 10.6 Å². The number of hydrogen-bond donors (Lipinski definition) is 1. The molecule has 6 nitrogen and oxygen atoms in total. The Balaban J connectivity index is 3.02. The van der Waals surface area contributed by atoms with Crippen molar-refractivity contribution in [1.29, 1.82) is 0 Å². The highest BCUT2D eigenvalue weighted by Gasteiger charge is 2.21. The number of nitrogens with zero attached hydrogens (tertiary/aromatic N) is 1. The van der Waals surface area contributed by atoms with E-state index in [4.69, 9.17) is 16.3 Å². The molecule has 0 aromatic heterocycles. The number of carbonyl (C=O) groups excluding carboxylic acids is 1. The normalized spacial score (nSPS) is 11.0. The summed E-state index contributed by atoms with van der Waals surface area (Å²) in [5, 5.41) is 13.0. The molecule has 0 aliphatic rings. The van der Waals surface area contributed by atoms with E-state index in [0.717, 1.165) is 0 Å². The predicted octanol–water partition coefficient (Wildman–Crippen LogP) is 4.36. The Morgan fingerprint density at radius 1 is 1.47 bits per heavy atom. The molecular formula is C11H12BrClN2O4. The van der Waals surface area contributed by atoms with Gasteiger partial charge in [-0.05, 0) is 26.8 Å². The number of carbonyl (C=O) groups is 1. The van der Waals surface area contributed by atoms with Gasteiger partial charge >= 0.3 is 6.09 Å². The third kappa shape index (κ3) is 4.68. The Kier molecular flexibility index (Phi) is 4.75. The maximum atomic E-state index is 11.6. The summed E-state index contributed by atoms with van der Waals surface area (Å²) < 4.78 is 5.47. The lowest BCUT2D eigenvalue weighted by atomic mass is 10.2. The van der Waals surface area contributed by atoms with Gasteiger partial charge in [0.2, 0.25) is 0 Å². The Labute approximate surface area is 123 Å². The number of halogens is 2. The second kappa shape index (κ2) is 5.75. The number of nitro benzene ring substituents is 1. The van der Waals surface area contributed by atoms with Crippen molar-refractivity contribution in [1.82, 2.24) is 0 Å². The third-order valence-electron chi connectivity index (χ3n) is 1.85. The largest absolute Gasteiger partial charge is 0.444 e. The highest BCUT2D eigenvalue weighted by molar-refractivity contribution is 9.10. The molecule has 1 N–H and O–H groups in total. The van der Waals surface area contributed by atoms with Crippen LogP contribution in [-0.4, -0.2) is 16.6 Å². The Morgan fingerprint density at radius 2 is 2.05 bits per heavy atom. The van der Waals surface area contributed by atoms with Crippen LogP contribution in [0.2, 0.25) is 5.02 Å². The molecule has 19 heavy (non-hydrogen) atoms. The number of benzene rings is 1. The van der Waals surface area contributed by atoms with Crippen molar-refractivity contribution in [2.24, 2.45) is 0 Å². The van der Waals surface area contributed by atoms with Gasteiger partial charge < -0.3 is 4.74 Å². The zero-order valence-corrected chi connectivity index (χ0v) is 12.8. The van der Waals surface area contributed by atoms with Crippen LogP contribution in [0.3, 0.4) is 0 Å². The van der Waals surface area contributed by atoms with Gasteiger partial charge in [0.1, 0.15) is 10.6 Å². The molecule has 8 heteroatoms. The lowest BCUT2D eigenvalue weighted by molar-refractivity contribution is -0.384. The molecule has 0 aliphatic heterocycles. The third-order valence-corrected chi connectivity index (χ3v) is 2.71. The maximum absolute atomic E-state index is 11.6. The van der Waals surface area contributed by atoms with E-state index in [1.807, 2.05) is 0 Å². The van der Waals surface area contributed by atoms with E-state index >= 15 is 0 Å². The van der Waals surface area contributed by atoms with Crippen molar-refractivity contribution in [3.05, 3.63) is 31.7 Å². The van der Waals surface area contributed by atoms with Gasteiger partial charge in [0, 0.05) is 10.5 Å². The average Bonchev–Trinajstić information content (AvgIpc) is 2.19. The highest BCUT2D eigenvalue weighted by atomic mass is 79.9. The zero-order valence-electron chi connectivity index (χ0n) is 10.5. The van der Waals surface area contributed by atoms with Crippen molar-refractivity contribution in [2.75, 3.05) is 5.32 Å². The average molecular weight is 352 g/mol. The molecule has 0 atom stereocenters. The van der Waals surface area contributed by atoms with Crippen LogP contribution in [0.4, 0.5) is 16.2 Å². The molecule has 0 unspecified atom stereocenters. The van der Waals surface area contributed by atoms with E-state index in [-0.39, 0.29) is 16.4 Å². The first kappa shape index (κ1) is 15.7. The van der Waals surface area contributed by atoms with E-state index in [1.54, 1.807) is 20.8 Å². The minimum absolute atomic E-state index is 0.108. The minimum Gasteiger partial charge on any atom is -0.444 e. The fourth-order valence-corrected chi connectivity index (χ4v) is 1.88. The van der Waals surface area contributed by atoms with Crippen LogP contribution in [0.5, 0.6) is 0 Å². The summed E-state index contributed by atoms with van der Waals surface area (Å²) >= 11 is 8.97. The van der Waals surface area contributed by atoms with Gasteiger partial charge in [-0.15, -0.1) is 0 Å². The lowest BCUT2D eigenvalue weighted by Gasteiger charge is -2.20. The fourth-order valence-electron chi connectivity index (χ4n) is 1.21. The van der Waals surface area contributed by atoms with Crippen LogP contribution in [0.25, 0.3) is 0 Å². The van der Waals surface area contributed by atoms with E-state index in [2.05, 4.69) is 21.2 Å². The molecule has 0 spiro atoms. The van der Waals surface area contributed by atoms with Crippen LogP contribution < -0.4 is 5.32 Å². The van der Waals surface area contributed by atoms with Crippen LogP contribution in [0.15, 0.2) is 16.6 Å². The summed E-state index contributed by atoms with van der Waals surface area (Å²) in [6, 6.07) is 2.71. The predicted molar refractivity (Wildman–Crippen MR) is 75.7 cm³/mol. The summed E-state index contributed by atoms with van der Waals surface area (Å²) in [6.07, 6.45) is -0.734. The Morgan fingerprint density at radius 3 is 2.53 bits per heavy atom. The number of nitro groups is 1. The monoisotopic (exact) mass is 350 g/mol. The van der Waals surface area contributed by atoms with Gasteiger partial charge in [-0.1, -0.05) is 27.5 Å². The first-order valence-electron chi connectivity index (χ1n) is 5.23. The molecular weight excluding hydrogens is 339 g/mol. The van der Waals surface area contributed by atoms with E-state index in [1.165, 1.54) is 12.1 Å². The van der Waals surface area contributed by atoms with Gasteiger partial charge in [-0.25, -0.2) is 4.79 Å². The summed E-state index contributed by atoms with van der Waals surface area (Å²) in [5.41, 5.74) is -0.867. The summed E-state index contributed by atoms with van der Waals surface area (Å²) in [7, 11) is 0. The molecule has 0 heterocycles. The zero-order chi connectivity index (χ0) is 14.8. The number of rotatable bonds is 2.